The molecule has 1 fully saturated rings. The molecule has 0 amide bonds. The van der Waals surface area contributed by atoms with Gasteiger partial charge in [0, 0.05) is 12.1 Å². The summed E-state index contributed by atoms with van der Waals surface area (Å²) >= 11 is 0. The molecule has 2 rings (SSSR count). The number of nitrogens with one attached hydrogen (secondary N) is 1. The highest BCUT2D eigenvalue weighted by atomic mass is 16.5. The molecule has 1 aliphatic heterocycles. The van der Waals surface area contributed by atoms with Crippen molar-refractivity contribution in [2.24, 2.45) is 5.73 Å². The fourth-order valence-corrected chi connectivity index (χ4v) is 2.79. The largest absolute Gasteiger partial charge is 0.496 e. The van der Waals surface area contributed by atoms with Crippen molar-refractivity contribution < 1.29 is 4.74 Å². The molecule has 1 aliphatic rings. The van der Waals surface area contributed by atoms with E-state index < -0.39 is 0 Å². The summed E-state index contributed by atoms with van der Waals surface area (Å²) in [5.74, 6) is 0.944. The predicted molar refractivity (Wildman–Crippen MR) is 75.0 cm³/mol. The van der Waals surface area contributed by atoms with E-state index >= 15 is 0 Å². The normalized spacial score (nSPS) is 21.7. The summed E-state index contributed by atoms with van der Waals surface area (Å²) in [7, 11) is 1.71. The maximum absolute atomic E-state index is 6.43. The zero-order chi connectivity index (χ0) is 13.1. The summed E-state index contributed by atoms with van der Waals surface area (Å²) in [4.78, 5) is 0. The van der Waals surface area contributed by atoms with Crippen molar-refractivity contribution in [1.29, 1.82) is 0 Å². The van der Waals surface area contributed by atoms with Crippen LogP contribution in [0.5, 0.6) is 5.75 Å². The molecule has 3 heteroatoms. The third-order valence-corrected chi connectivity index (χ3v) is 3.92. The molecule has 1 aromatic carbocycles. The quantitative estimate of drug-likeness (QED) is 0.864. The van der Waals surface area contributed by atoms with Gasteiger partial charge in [-0.25, -0.2) is 0 Å². The van der Waals surface area contributed by atoms with Gasteiger partial charge in [-0.1, -0.05) is 12.5 Å². The molecular weight excluding hydrogens is 224 g/mol. The third-order valence-electron chi connectivity index (χ3n) is 3.92. The number of benzene rings is 1. The Balaban J connectivity index is 2.23. The van der Waals surface area contributed by atoms with Crippen LogP contribution in [-0.4, -0.2) is 19.7 Å². The first-order valence-corrected chi connectivity index (χ1v) is 6.77. The van der Waals surface area contributed by atoms with E-state index in [0.717, 1.165) is 17.9 Å². The van der Waals surface area contributed by atoms with Gasteiger partial charge >= 0.3 is 0 Å². The molecule has 1 heterocycles. The van der Waals surface area contributed by atoms with Crippen LogP contribution in [0.3, 0.4) is 0 Å². The second-order valence-electron chi connectivity index (χ2n) is 5.26. The van der Waals surface area contributed by atoms with Gasteiger partial charge in [-0.15, -0.1) is 0 Å². The van der Waals surface area contributed by atoms with Gasteiger partial charge in [0.2, 0.25) is 0 Å². The SMILES string of the molecule is COc1cc(C)c(C(N)C2CCCCN2)cc1C. The molecule has 1 saturated heterocycles. The molecule has 0 bridgehead atoms. The topological polar surface area (TPSA) is 47.3 Å². The average molecular weight is 248 g/mol. The third kappa shape index (κ3) is 2.68. The molecule has 0 spiro atoms. The summed E-state index contributed by atoms with van der Waals surface area (Å²) in [5.41, 5.74) is 10.0. The van der Waals surface area contributed by atoms with E-state index in [1.54, 1.807) is 7.11 Å². The fourth-order valence-electron chi connectivity index (χ4n) is 2.79. The summed E-state index contributed by atoms with van der Waals surface area (Å²) in [6.07, 6.45) is 3.72. The van der Waals surface area contributed by atoms with Crippen molar-refractivity contribution in [1.82, 2.24) is 5.32 Å². The zero-order valence-electron chi connectivity index (χ0n) is 11.6. The smallest absolute Gasteiger partial charge is 0.122 e. The monoisotopic (exact) mass is 248 g/mol. The molecule has 3 N–H and O–H groups in total. The standard InChI is InChI=1S/C15H24N2O/c1-10-9-14(18-3)11(2)8-12(10)15(16)13-6-4-5-7-17-13/h8-9,13,15,17H,4-7,16H2,1-3H3. The number of ether oxygens (including phenoxy) is 1. The number of hydrogen-bond acceptors (Lipinski definition) is 3. The van der Waals surface area contributed by atoms with Crippen molar-refractivity contribution in [2.45, 2.75) is 45.2 Å². The molecule has 1 aromatic rings. The Morgan fingerprint density at radius 1 is 1.28 bits per heavy atom. The van der Waals surface area contributed by atoms with Crippen molar-refractivity contribution in [3.05, 3.63) is 28.8 Å². The highest BCUT2D eigenvalue weighted by Crippen LogP contribution is 2.29. The van der Waals surface area contributed by atoms with Crippen LogP contribution in [0, 0.1) is 13.8 Å². The molecule has 3 nitrogen and oxygen atoms in total. The zero-order valence-corrected chi connectivity index (χ0v) is 11.6. The Labute approximate surface area is 110 Å². The predicted octanol–water partition coefficient (Wildman–Crippen LogP) is 2.45. The van der Waals surface area contributed by atoms with Crippen LogP contribution in [0.25, 0.3) is 0 Å². The van der Waals surface area contributed by atoms with Crippen molar-refractivity contribution in [3.8, 4) is 5.75 Å². The summed E-state index contributed by atoms with van der Waals surface area (Å²) in [6.45, 7) is 5.27. The minimum Gasteiger partial charge on any atom is -0.496 e. The molecular formula is C15H24N2O. The average Bonchev–Trinajstić information content (AvgIpc) is 2.41. The summed E-state index contributed by atoms with van der Waals surface area (Å²) in [6, 6.07) is 4.75. The van der Waals surface area contributed by atoms with Crippen LogP contribution in [0.15, 0.2) is 12.1 Å². The van der Waals surface area contributed by atoms with Gasteiger partial charge in [0.15, 0.2) is 0 Å². The lowest BCUT2D eigenvalue weighted by molar-refractivity contribution is 0.352. The highest BCUT2D eigenvalue weighted by molar-refractivity contribution is 5.43. The van der Waals surface area contributed by atoms with Crippen molar-refractivity contribution >= 4 is 0 Å². The maximum Gasteiger partial charge on any atom is 0.122 e. The lowest BCUT2D eigenvalue weighted by Gasteiger charge is -2.30. The van der Waals surface area contributed by atoms with E-state index in [1.807, 2.05) is 0 Å². The van der Waals surface area contributed by atoms with Crippen LogP contribution >= 0.6 is 0 Å². The highest BCUT2D eigenvalue weighted by Gasteiger charge is 2.23. The van der Waals surface area contributed by atoms with Crippen LogP contribution in [0.1, 0.15) is 42.0 Å². The number of nitrogens with two attached hydrogens (primary N) is 1. The number of hydrogen-bond donors (Lipinski definition) is 2. The van der Waals surface area contributed by atoms with Gasteiger partial charge in [-0.2, -0.15) is 0 Å². The first-order valence-electron chi connectivity index (χ1n) is 6.77. The lowest BCUT2D eigenvalue weighted by atomic mass is 9.90. The second-order valence-corrected chi connectivity index (χ2v) is 5.26. The molecule has 0 aromatic heterocycles. The van der Waals surface area contributed by atoms with Crippen LogP contribution in [0.4, 0.5) is 0 Å². The van der Waals surface area contributed by atoms with Crippen molar-refractivity contribution in [2.75, 3.05) is 13.7 Å². The molecule has 2 atom stereocenters. The van der Waals surface area contributed by atoms with Gasteiger partial charge in [-0.3, -0.25) is 0 Å². The van der Waals surface area contributed by atoms with Gasteiger partial charge < -0.3 is 15.8 Å². The van der Waals surface area contributed by atoms with Gasteiger partial charge in [0.25, 0.3) is 0 Å². The van der Waals surface area contributed by atoms with Crippen molar-refractivity contribution in [3.63, 3.8) is 0 Å². The molecule has 0 radical (unpaired) electrons. The number of rotatable bonds is 3. The van der Waals surface area contributed by atoms with Gasteiger partial charge in [0.1, 0.15) is 5.75 Å². The lowest BCUT2D eigenvalue weighted by Crippen LogP contribution is -2.42. The van der Waals surface area contributed by atoms with Gasteiger partial charge in [0.05, 0.1) is 7.11 Å². The number of piperidine rings is 1. The minimum atomic E-state index is 0.0786. The van der Waals surface area contributed by atoms with E-state index in [1.165, 1.54) is 30.4 Å². The van der Waals surface area contributed by atoms with Crippen LogP contribution in [-0.2, 0) is 0 Å². The van der Waals surface area contributed by atoms with Crippen LogP contribution in [0.2, 0.25) is 0 Å². The Hall–Kier alpha value is -1.06. The maximum atomic E-state index is 6.43. The molecule has 0 aliphatic carbocycles. The Kier molecular flexibility index (Phi) is 4.25. The van der Waals surface area contributed by atoms with E-state index in [2.05, 4.69) is 31.3 Å². The van der Waals surface area contributed by atoms with E-state index in [9.17, 15) is 0 Å². The van der Waals surface area contributed by atoms with Crippen LogP contribution < -0.4 is 15.8 Å². The Morgan fingerprint density at radius 3 is 2.67 bits per heavy atom. The summed E-state index contributed by atoms with van der Waals surface area (Å²) < 4.78 is 5.35. The van der Waals surface area contributed by atoms with E-state index in [4.69, 9.17) is 10.5 Å². The molecule has 2 unspecified atom stereocenters. The first-order chi connectivity index (χ1) is 8.63. The first kappa shape index (κ1) is 13.4. The Bertz CT molecular complexity index is 411. The minimum absolute atomic E-state index is 0.0786. The number of aryl methyl sites for hydroxylation is 2. The van der Waals surface area contributed by atoms with E-state index in [0.29, 0.717) is 6.04 Å². The number of methoxy groups -OCH3 is 1. The fraction of sp³-hybridized carbons (Fsp3) is 0.600. The molecule has 100 valence electrons. The van der Waals surface area contributed by atoms with Gasteiger partial charge in [-0.05, 0) is 56.0 Å². The second kappa shape index (κ2) is 5.72. The Morgan fingerprint density at radius 2 is 2.06 bits per heavy atom. The molecule has 0 saturated carbocycles. The summed E-state index contributed by atoms with van der Waals surface area (Å²) in [5, 5.41) is 3.54. The van der Waals surface area contributed by atoms with E-state index in [-0.39, 0.29) is 6.04 Å². The molecule has 18 heavy (non-hydrogen) atoms.